The molecule has 1 aliphatic heterocycles. The Morgan fingerprint density at radius 3 is 2.82 bits per heavy atom. The maximum Gasteiger partial charge on any atom is 0.243 e. The van der Waals surface area contributed by atoms with Gasteiger partial charge in [-0.2, -0.15) is 0 Å². The zero-order valence-corrected chi connectivity index (χ0v) is 10.3. The Balaban J connectivity index is 1.90. The van der Waals surface area contributed by atoms with Crippen molar-refractivity contribution in [1.82, 2.24) is 10.4 Å². The van der Waals surface area contributed by atoms with Gasteiger partial charge in [-0.25, -0.2) is 5.48 Å². The Hall–Kier alpha value is -0.690. The predicted molar refractivity (Wildman–Crippen MR) is 64.3 cm³/mol. The number of morpholine rings is 1. The molecule has 3 N–H and O–H groups in total. The lowest BCUT2D eigenvalue weighted by Gasteiger charge is -2.26. The van der Waals surface area contributed by atoms with E-state index in [4.69, 9.17) is 15.3 Å². The Labute approximate surface area is 102 Å². The van der Waals surface area contributed by atoms with Crippen molar-refractivity contribution in [2.24, 2.45) is 5.73 Å². The van der Waals surface area contributed by atoms with E-state index in [1.807, 2.05) is 0 Å². The molecule has 0 aromatic carbocycles. The van der Waals surface area contributed by atoms with Crippen LogP contribution in [-0.4, -0.2) is 56.8 Å². The first kappa shape index (κ1) is 14.4. The second-order valence-corrected chi connectivity index (χ2v) is 4.07. The average Bonchev–Trinajstić information content (AvgIpc) is 2.36. The third-order valence-corrected chi connectivity index (χ3v) is 2.66. The van der Waals surface area contributed by atoms with Crippen LogP contribution in [0.3, 0.4) is 0 Å². The fourth-order valence-electron chi connectivity index (χ4n) is 1.61. The van der Waals surface area contributed by atoms with Crippen molar-refractivity contribution in [2.45, 2.75) is 19.3 Å². The van der Waals surface area contributed by atoms with Crippen molar-refractivity contribution < 1.29 is 14.4 Å². The zero-order valence-electron chi connectivity index (χ0n) is 10.3. The van der Waals surface area contributed by atoms with Crippen LogP contribution in [0.5, 0.6) is 0 Å². The van der Waals surface area contributed by atoms with Crippen molar-refractivity contribution in [3.63, 3.8) is 0 Å². The number of carbonyl (C=O) groups is 1. The molecule has 0 radical (unpaired) electrons. The summed E-state index contributed by atoms with van der Waals surface area (Å²) in [7, 11) is 0. The minimum atomic E-state index is -0.0690. The second kappa shape index (κ2) is 9.35. The molecule has 0 bridgehead atoms. The third-order valence-electron chi connectivity index (χ3n) is 2.66. The fourth-order valence-corrected chi connectivity index (χ4v) is 1.61. The van der Waals surface area contributed by atoms with Crippen LogP contribution in [0.25, 0.3) is 0 Å². The topological polar surface area (TPSA) is 76.8 Å². The quantitative estimate of drug-likeness (QED) is 0.445. The summed E-state index contributed by atoms with van der Waals surface area (Å²) in [5.41, 5.74) is 7.78. The molecular formula is C11H23N3O3. The van der Waals surface area contributed by atoms with E-state index in [0.29, 0.717) is 19.6 Å². The van der Waals surface area contributed by atoms with E-state index in [9.17, 15) is 4.79 Å². The molecule has 0 aromatic heterocycles. The normalized spacial score (nSPS) is 17.0. The number of nitrogens with one attached hydrogen (secondary N) is 1. The summed E-state index contributed by atoms with van der Waals surface area (Å²) in [6.07, 6.45) is 2.17. The summed E-state index contributed by atoms with van der Waals surface area (Å²) in [4.78, 5) is 18.6. The number of hydroxylamine groups is 1. The highest BCUT2D eigenvalue weighted by Gasteiger charge is 2.09. The summed E-state index contributed by atoms with van der Waals surface area (Å²) in [5, 5.41) is 0. The number of hydrogen-bond donors (Lipinski definition) is 2. The summed E-state index contributed by atoms with van der Waals surface area (Å²) in [6, 6.07) is 0. The number of nitrogens with zero attached hydrogens (tertiary/aromatic N) is 1. The number of rotatable bonds is 8. The second-order valence-electron chi connectivity index (χ2n) is 4.07. The van der Waals surface area contributed by atoms with Gasteiger partial charge in [0.1, 0.15) is 0 Å². The van der Waals surface area contributed by atoms with Gasteiger partial charge in [0.2, 0.25) is 5.91 Å². The van der Waals surface area contributed by atoms with Gasteiger partial charge in [0, 0.05) is 26.1 Å². The molecule has 1 saturated heterocycles. The molecule has 1 fully saturated rings. The minimum Gasteiger partial charge on any atom is -0.379 e. The molecule has 0 spiro atoms. The van der Waals surface area contributed by atoms with Crippen LogP contribution in [0.1, 0.15) is 19.3 Å². The van der Waals surface area contributed by atoms with Crippen molar-refractivity contribution >= 4 is 5.91 Å². The lowest BCUT2D eigenvalue weighted by molar-refractivity contribution is -0.134. The molecule has 0 aliphatic carbocycles. The van der Waals surface area contributed by atoms with Gasteiger partial charge < -0.3 is 10.5 Å². The number of ether oxygens (including phenoxy) is 1. The number of amides is 1. The van der Waals surface area contributed by atoms with E-state index in [0.717, 1.165) is 45.7 Å². The molecule has 1 aliphatic rings. The molecule has 6 nitrogen and oxygen atoms in total. The Morgan fingerprint density at radius 1 is 1.35 bits per heavy atom. The molecule has 100 valence electrons. The first-order valence-corrected chi connectivity index (χ1v) is 6.23. The number of nitrogens with two attached hydrogens (primary N) is 1. The van der Waals surface area contributed by atoms with Gasteiger partial charge in [-0.3, -0.25) is 14.5 Å². The van der Waals surface area contributed by atoms with Crippen LogP contribution >= 0.6 is 0 Å². The summed E-state index contributed by atoms with van der Waals surface area (Å²) < 4.78 is 5.24. The Morgan fingerprint density at radius 2 is 2.12 bits per heavy atom. The molecule has 0 saturated carbocycles. The van der Waals surface area contributed by atoms with Crippen molar-refractivity contribution in [3.8, 4) is 0 Å². The standard InChI is InChI=1S/C11H23N3O3/c12-4-2-1-3-11(15)13-17-10-7-14-5-8-16-9-6-14/h1-10,12H2,(H,13,15). The van der Waals surface area contributed by atoms with Gasteiger partial charge in [0.25, 0.3) is 0 Å². The zero-order chi connectivity index (χ0) is 12.3. The largest absolute Gasteiger partial charge is 0.379 e. The monoisotopic (exact) mass is 245 g/mol. The molecule has 1 rings (SSSR count). The van der Waals surface area contributed by atoms with Crippen LogP contribution < -0.4 is 11.2 Å². The summed E-state index contributed by atoms with van der Waals surface area (Å²) in [6.45, 7) is 5.42. The van der Waals surface area contributed by atoms with Gasteiger partial charge >= 0.3 is 0 Å². The average molecular weight is 245 g/mol. The van der Waals surface area contributed by atoms with Gasteiger partial charge in [-0.1, -0.05) is 0 Å². The lowest BCUT2D eigenvalue weighted by Crippen LogP contribution is -2.39. The number of hydrogen-bond acceptors (Lipinski definition) is 5. The molecule has 17 heavy (non-hydrogen) atoms. The van der Waals surface area contributed by atoms with Crippen molar-refractivity contribution in [2.75, 3.05) is 46.0 Å². The number of unbranched alkanes of at least 4 members (excludes halogenated alkanes) is 1. The van der Waals surface area contributed by atoms with Crippen molar-refractivity contribution in [3.05, 3.63) is 0 Å². The molecule has 1 amide bonds. The lowest BCUT2D eigenvalue weighted by atomic mass is 10.2. The van der Waals surface area contributed by atoms with Crippen LogP contribution in [0.15, 0.2) is 0 Å². The third kappa shape index (κ3) is 7.27. The first-order valence-electron chi connectivity index (χ1n) is 6.23. The van der Waals surface area contributed by atoms with E-state index in [2.05, 4.69) is 10.4 Å². The molecule has 1 heterocycles. The van der Waals surface area contributed by atoms with E-state index in [1.165, 1.54) is 0 Å². The highest BCUT2D eigenvalue weighted by atomic mass is 16.7. The molecular weight excluding hydrogens is 222 g/mol. The smallest absolute Gasteiger partial charge is 0.243 e. The van der Waals surface area contributed by atoms with Gasteiger partial charge in [-0.15, -0.1) is 0 Å². The highest BCUT2D eigenvalue weighted by Crippen LogP contribution is 1.96. The number of carbonyl (C=O) groups excluding carboxylic acids is 1. The Bertz CT molecular complexity index is 208. The fraction of sp³-hybridized carbons (Fsp3) is 0.909. The molecule has 0 aromatic rings. The summed E-state index contributed by atoms with van der Waals surface area (Å²) >= 11 is 0. The van der Waals surface area contributed by atoms with Gasteiger partial charge in [-0.05, 0) is 19.4 Å². The van der Waals surface area contributed by atoms with Crippen LogP contribution in [0.4, 0.5) is 0 Å². The Kier molecular flexibility index (Phi) is 7.91. The van der Waals surface area contributed by atoms with Gasteiger partial charge in [0.05, 0.1) is 19.8 Å². The highest BCUT2D eigenvalue weighted by molar-refractivity contribution is 5.74. The van der Waals surface area contributed by atoms with Crippen LogP contribution in [0.2, 0.25) is 0 Å². The van der Waals surface area contributed by atoms with E-state index in [1.54, 1.807) is 0 Å². The molecule has 6 heteroatoms. The predicted octanol–water partition coefficient (Wildman–Crippen LogP) is -0.505. The minimum absolute atomic E-state index is 0.0690. The van der Waals surface area contributed by atoms with E-state index in [-0.39, 0.29) is 5.91 Å². The molecule has 0 unspecified atom stereocenters. The van der Waals surface area contributed by atoms with Crippen LogP contribution in [0, 0.1) is 0 Å². The first-order chi connectivity index (χ1) is 8.33. The van der Waals surface area contributed by atoms with E-state index < -0.39 is 0 Å². The maximum atomic E-state index is 11.3. The SMILES string of the molecule is NCCCCC(=O)NOCCN1CCOCC1. The van der Waals surface area contributed by atoms with Gasteiger partial charge in [0.15, 0.2) is 0 Å². The van der Waals surface area contributed by atoms with Crippen LogP contribution in [-0.2, 0) is 14.4 Å². The van der Waals surface area contributed by atoms with Crippen molar-refractivity contribution in [1.29, 1.82) is 0 Å². The molecule has 0 atom stereocenters. The maximum absolute atomic E-state index is 11.3. The van der Waals surface area contributed by atoms with E-state index >= 15 is 0 Å². The summed E-state index contributed by atoms with van der Waals surface area (Å²) in [5.74, 6) is -0.0690.